The van der Waals surface area contributed by atoms with Crippen LogP contribution in [0.3, 0.4) is 0 Å². The summed E-state index contributed by atoms with van der Waals surface area (Å²) in [4.78, 5) is 26.1. The fraction of sp³-hybridized carbons (Fsp3) is 0.0526. The lowest BCUT2D eigenvalue weighted by molar-refractivity contribution is -0.137. The van der Waals surface area contributed by atoms with Gasteiger partial charge in [-0.2, -0.15) is 0 Å². The van der Waals surface area contributed by atoms with Gasteiger partial charge in [0, 0.05) is 42.4 Å². The van der Waals surface area contributed by atoms with Crippen molar-refractivity contribution in [2.24, 2.45) is 0 Å². The molecular formula is C38H24Cl2O6. The predicted molar refractivity (Wildman–Crippen MR) is 182 cm³/mol. The van der Waals surface area contributed by atoms with E-state index >= 15 is 0 Å². The first kappa shape index (κ1) is 29.4. The zero-order chi connectivity index (χ0) is 31.6. The van der Waals surface area contributed by atoms with Crippen LogP contribution in [0.15, 0.2) is 121 Å². The second-order valence-electron chi connectivity index (χ2n) is 10.5. The molecule has 0 radical (unpaired) electrons. The van der Waals surface area contributed by atoms with Gasteiger partial charge in [-0.3, -0.25) is 0 Å². The second kappa shape index (κ2) is 12.6. The summed E-state index contributed by atoms with van der Waals surface area (Å²) in [6.45, 7) is -0.750. The summed E-state index contributed by atoms with van der Waals surface area (Å²) in [6, 6.07) is 36.7. The normalized spacial score (nSPS) is 11.2. The maximum Gasteiger partial charge on any atom is 0.349 e. The van der Waals surface area contributed by atoms with Gasteiger partial charge in [0.2, 0.25) is 0 Å². The highest BCUT2D eigenvalue weighted by atomic mass is 35.5. The van der Waals surface area contributed by atoms with Gasteiger partial charge in [0.1, 0.15) is 23.0 Å². The maximum absolute atomic E-state index is 13.0. The van der Waals surface area contributed by atoms with Gasteiger partial charge in [0.25, 0.3) is 0 Å². The molecule has 0 unspecified atom stereocenters. The summed E-state index contributed by atoms with van der Waals surface area (Å²) in [5.74, 6) is 0.510. The van der Waals surface area contributed by atoms with Crippen LogP contribution in [-0.4, -0.2) is 25.2 Å². The number of rotatable bonds is 8. The molecule has 0 N–H and O–H groups in total. The Morgan fingerprint density at radius 2 is 0.870 bits per heavy atom. The topological polar surface area (TPSA) is 71.1 Å². The van der Waals surface area contributed by atoms with Crippen molar-refractivity contribution in [3.63, 3.8) is 0 Å². The highest BCUT2D eigenvalue weighted by molar-refractivity contribution is 6.33. The standard InChI is InChI=1S/C38H24Cl2O6/c39-25-15-17-29-31(19-25)38(44-22-36(42)46-34-14-6-10-24-8-2-4-12-28(24)34)32-20-26(40)16-18-30(32)37(29)43-21-35(41)45-33-13-5-9-23-7-1-3-11-27(23)33/h1-20H,21-22H2. The van der Waals surface area contributed by atoms with Crippen LogP contribution in [0, 0.1) is 0 Å². The molecule has 0 atom stereocenters. The zero-order valence-corrected chi connectivity index (χ0v) is 25.7. The molecule has 0 aliphatic carbocycles. The Balaban J connectivity index is 1.19. The summed E-state index contributed by atoms with van der Waals surface area (Å²) in [5.41, 5.74) is 0. The molecule has 0 aliphatic rings. The highest BCUT2D eigenvalue weighted by Gasteiger charge is 2.20. The molecule has 0 spiro atoms. The largest absolute Gasteiger partial charge is 0.481 e. The molecule has 6 nitrogen and oxygen atoms in total. The van der Waals surface area contributed by atoms with E-state index in [1.165, 1.54) is 0 Å². The molecule has 8 heteroatoms. The Morgan fingerprint density at radius 3 is 1.35 bits per heavy atom. The van der Waals surface area contributed by atoms with Crippen molar-refractivity contribution in [2.45, 2.75) is 0 Å². The zero-order valence-electron chi connectivity index (χ0n) is 24.2. The summed E-state index contributed by atoms with van der Waals surface area (Å²) in [7, 11) is 0. The second-order valence-corrected chi connectivity index (χ2v) is 11.4. The van der Waals surface area contributed by atoms with E-state index in [4.69, 9.17) is 42.1 Å². The van der Waals surface area contributed by atoms with E-state index in [-0.39, 0.29) is 13.2 Å². The summed E-state index contributed by atoms with van der Waals surface area (Å²) in [6.07, 6.45) is 0. The Labute approximate surface area is 273 Å². The molecule has 0 aliphatic heterocycles. The van der Waals surface area contributed by atoms with Gasteiger partial charge < -0.3 is 18.9 Å². The van der Waals surface area contributed by atoms with E-state index in [1.54, 1.807) is 48.5 Å². The van der Waals surface area contributed by atoms with E-state index in [9.17, 15) is 9.59 Å². The number of fused-ring (bicyclic) bond motifs is 4. The van der Waals surface area contributed by atoms with E-state index in [2.05, 4.69) is 0 Å². The van der Waals surface area contributed by atoms with Crippen LogP contribution >= 0.6 is 23.2 Å². The average molecular weight is 648 g/mol. The highest BCUT2D eigenvalue weighted by Crippen LogP contribution is 2.44. The molecule has 7 aromatic carbocycles. The molecule has 7 aromatic rings. The van der Waals surface area contributed by atoms with Gasteiger partial charge in [0.05, 0.1) is 0 Å². The van der Waals surface area contributed by atoms with Gasteiger partial charge in [-0.15, -0.1) is 0 Å². The number of hydrogen-bond donors (Lipinski definition) is 0. The van der Waals surface area contributed by atoms with Crippen LogP contribution < -0.4 is 18.9 Å². The van der Waals surface area contributed by atoms with Crippen molar-refractivity contribution in [3.05, 3.63) is 131 Å². The van der Waals surface area contributed by atoms with Gasteiger partial charge in [-0.1, -0.05) is 96.0 Å². The number of carbonyl (C=O) groups is 2. The smallest absolute Gasteiger partial charge is 0.349 e. The van der Waals surface area contributed by atoms with Gasteiger partial charge >= 0.3 is 11.9 Å². The number of hydrogen-bond acceptors (Lipinski definition) is 6. The number of benzene rings is 7. The van der Waals surface area contributed by atoms with Crippen molar-refractivity contribution >= 4 is 78.2 Å². The minimum atomic E-state index is -0.585. The fourth-order valence-corrected chi connectivity index (χ4v) is 5.89. The van der Waals surface area contributed by atoms with E-state index in [0.717, 1.165) is 21.5 Å². The molecule has 46 heavy (non-hydrogen) atoms. The van der Waals surface area contributed by atoms with Crippen LogP contribution in [-0.2, 0) is 9.59 Å². The molecular weight excluding hydrogens is 623 g/mol. The Kier molecular flexibility index (Phi) is 8.06. The first-order valence-electron chi connectivity index (χ1n) is 14.4. The van der Waals surface area contributed by atoms with E-state index in [0.29, 0.717) is 54.6 Å². The lowest BCUT2D eigenvalue weighted by atomic mass is 10.0. The van der Waals surface area contributed by atoms with E-state index < -0.39 is 11.9 Å². The molecule has 0 aromatic heterocycles. The average Bonchev–Trinajstić information content (AvgIpc) is 3.06. The third-order valence-corrected chi connectivity index (χ3v) is 8.03. The number of esters is 2. The number of ether oxygens (including phenoxy) is 4. The minimum Gasteiger partial charge on any atom is -0.481 e. The summed E-state index contributed by atoms with van der Waals surface area (Å²) >= 11 is 12.9. The molecule has 0 amide bonds. The van der Waals surface area contributed by atoms with Crippen molar-refractivity contribution in [1.29, 1.82) is 0 Å². The van der Waals surface area contributed by atoms with Gasteiger partial charge in [0.15, 0.2) is 13.2 Å². The Bertz CT molecular complexity index is 2220. The van der Waals surface area contributed by atoms with Crippen molar-refractivity contribution < 1.29 is 28.5 Å². The molecule has 0 saturated heterocycles. The van der Waals surface area contributed by atoms with Crippen LogP contribution in [0.25, 0.3) is 43.1 Å². The van der Waals surface area contributed by atoms with Crippen molar-refractivity contribution in [3.8, 4) is 23.0 Å². The monoisotopic (exact) mass is 646 g/mol. The predicted octanol–water partition coefficient (Wildman–Crippen LogP) is 9.57. The molecule has 0 bridgehead atoms. The molecule has 0 heterocycles. The number of halogens is 2. The van der Waals surface area contributed by atoms with Crippen LogP contribution in [0.5, 0.6) is 23.0 Å². The van der Waals surface area contributed by atoms with Crippen LogP contribution in [0.4, 0.5) is 0 Å². The molecule has 226 valence electrons. The van der Waals surface area contributed by atoms with Crippen LogP contribution in [0.1, 0.15) is 0 Å². The lowest BCUT2D eigenvalue weighted by Gasteiger charge is -2.18. The quantitative estimate of drug-likeness (QED) is 0.0930. The van der Waals surface area contributed by atoms with Crippen LogP contribution in [0.2, 0.25) is 10.0 Å². The summed E-state index contributed by atoms with van der Waals surface area (Å²) in [5, 5.41) is 6.80. The molecule has 0 fully saturated rings. The van der Waals surface area contributed by atoms with Crippen molar-refractivity contribution in [2.75, 3.05) is 13.2 Å². The minimum absolute atomic E-state index is 0.365. The van der Waals surface area contributed by atoms with E-state index in [1.807, 2.05) is 72.8 Å². The Hall–Kier alpha value is -5.30. The first-order chi connectivity index (χ1) is 22.4. The SMILES string of the molecule is O=C(COc1c2ccc(Cl)cc2c(OCC(=O)Oc2cccc3ccccc23)c2cc(Cl)ccc12)Oc1cccc2ccccc12. The molecule has 7 rings (SSSR count). The van der Waals surface area contributed by atoms with Gasteiger partial charge in [-0.25, -0.2) is 9.59 Å². The first-order valence-corrected chi connectivity index (χ1v) is 15.2. The lowest BCUT2D eigenvalue weighted by Crippen LogP contribution is -2.19. The third kappa shape index (κ3) is 5.88. The maximum atomic E-state index is 13.0. The van der Waals surface area contributed by atoms with Gasteiger partial charge in [-0.05, 0) is 59.3 Å². The third-order valence-electron chi connectivity index (χ3n) is 7.56. The van der Waals surface area contributed by atoms with Crippen molar-refractivity contribution in [1.82, 2.24) is 0 Å². The summed E-state index contributed by atoms with van der Waals surface area (Å²) < 4.78 is 23.7. The number of carbonyl (C=O) groups excluding carboxylic acids is 2. The Morgan fingerprint density at radius 1 is 0.457 bits per heavy atom. The molecule has 0 saturated carbocycles. The fourth-order valence-electron chi connectivity index (χ4n) is 5.54.